The van der Waals surface area contributed by atoms with Crippen molar-refractivity contribution in [3.8, 4) is 17.2 Å². The van der Waals surface area contributed by atoms with E-state index in [0.717, 1.165) is 11.3 Å². The number of hydrogen-bond acceptors (Lipinski definition) is 5. The van der Waals surface area contributed by atoms with Crippen LogP contribution in [-0.2, 0) is 4.79 Å². The molecule has 1 aliphatic heterocycles. The Bertz CT molecular complexity index is 1170. The van der Waals surface area contributed by atoms with E-state index in [9.17, 15) is 4.79 Å². The van der Waals surface area contributed by atoms with Gasteiger partial charge >= 0.3 is 0 Å². The second kappa shape index (κ2) is 9.65. The van der Waals surface area contributed by atoms with Crippen molar-refractivity contribution in [2.45, 2.75) is 6.04 Å². The smallest absolute Gasteiger partial charge is 0.275 e. The summed E-state index contributed by atoms with van der Waals surface area (Å²) in [5.41, 5.74) is 2.68. The number of benzene rings is 3. The Morgan fingerprint density at radius 1 is 0.818 bits per heavy atom. The van der Waals surface area contributed by atoms with Gasteiger partial charge in [-0.3, -0.25) is 9.69 Å². The van der Waals surface area contributed by atoms with Crippen molar-refractivity contribution < 1.29 is 19.0 Å². The van der Waals surface area contributed by atoms with Crippen LogP contribution in [0.25, 0.3) is 0 Å². The zero-order valence-corrected chi connectivity index (χ0v) is 19.8. The van der Waals surface area contributed by atoms with E-state index in [1.54, 1.807) is 50.5 Å². The summed E-state index contributed by atoms with van der Waals surface area (Å²) < 4.78 is 16.5. The Morgan fingerprint density at radius 3 is 1.88 bits per heavy atom. The van der Waals surface area contributed by atoms with Crippen molar-refractivity contribution in [1.29, 1.82) is 0 Å². The van der Waals surface area contributed by atoms with Crippen LogP contribution in [0, 0.1) is 0 Å². The molecule has 3 aromatic carbocycles. The second-order valence-electron chi connectivity index (χ2n) is 7.27. The Kier molecular flexibility index (Phi) is 6.67. The van der Waals surface area contributed by atoms with Crippen LogP contribution in [0.3, 0.4) is 0 Å². The van der Waals surface area contributed by atoms with E-state index in [2.05, 4.69) is 5.32 Å². The average Bonchev–Trinajstić information content (AvgIpc) is 3.15. The van der Waals surface area contributed by atoms with E-state index in [0.29, 0.717) is 38.7 Å². The molecule has 3 aromatic rings. The fourth-order valence-corrected chi connectivity index (χ4v) is 3.99. The van der Waals surface area contributed by atoms with Crippen molar-refractivity contribution in [2.24, 2.45) is 0 Å². The van der Waals surface area contributed by atoms with Gasteiger partial charge < -0.3 is 19.5 Å². The van der Waals surface area contributed by atoms with Crippen LogP contribution in [0.5, 0.6) is 17.2 Å². The predicted octanol–water partition coefficient (Wildman–Crippen LogP) is 6.10. The van der Waals surface area contributed by atoms with E-state index in [1.807, 2.05) is 42.5 Å². The van der Waals surface area contributed by atoms with Crippen molar-refractivity contribution >= 4 is 40.5 Å². The highest BCUT2D eigenvalue weighted by Gasteiger charge is 2.36. The van der Waals surface area contributed by atoms with Gasteiger partial charge in [-0.1, -0.05) is 23.2 Å². The third-order valence-corrected chi connectivity index (χ3v) is 5.81. The Balaban J connectivity index is 1.80. The topological polar surface area (TPSA) is 60.0 Å². The number of halogens is 2. The summed E-state index contributed by atoms with van der Waals surface area (Å²) in [6.07, 6.45) is 1.87. The maximum absolute atomic E-state index is 13.5. The zero-order chi connectivity index (χ0) is 23.5. The van der Waals surface area contributed by atoms with E-state index in [1.165, 1.54) is 0 Å². The van der Waals surface area contributed by atoms with Gasteiger partial charge in [0.1, 0.15) is 5.70 Å². The van der Waals surface area contributed by atoms with Gasteiger partial charge in [-0.25, -0.2) is 0 Å². The lowest BCUT2D eigenvalue weighted by molar-refractivity contribution is -0.114. The minimum Gasteiger partial charge on any atom is -0.493 e. The summed E-state index contributed by atoms with van der Waals surface area (Å²) in [5, 5.41) is 4.41. The number of hydrogen-bond donors (Lipinski definition) is 1. The molecule has 0 saturated carbocycles. The monoisotopic (exact) mass is 484 g/mol. The quantitative estimate of drug-likeness (QED) is 0.438. The zero-order valence-electron chi connectivity index (χ0n) is 18.3. The summed E-state index contributed by atoms with van der Waals surface area (Å²) in [7, 11) is 4.66. The minimum atomic E-state index is -0.429. The molecule has 1 heterocycles. The van der Waals surface area contributed by atoms with Crippen molar-refractivity contribution in [2.75, 3.05) is 31.5 Å². The highest BCUT2D eigenvalue weighted by atomic mass is 35.5. The second-order valence-corrected chi connectivity index (χ2v) is 8.14. The van der Waals surface area contributed by atoms with E-state index in [-0.39, 0.29) is 5.91 Å². The van der Waals surface area contributed by atoms with Gasteiger partial charge in [-0.2, -0.15) is 0 Å². The normalized spacial score (nSPS) is 15.3. The van der Waals surface area contributed by atoms with Gasteiger partial charge in [0.25, 0.3) is 5.91 Å². The number of amides is 1. The number of anilines is 2. The predicted molar refractivity (Wildman–Crippen MR) is 131 cm³/mol. The fraction of sp³-hybridized carbons (Fsp3) is 0.160. The molecule has 1 atom stereocenters. The molecule has 33 heavy (non-hydrogen) atoms. The molecule has 1 unspecified atom stereocenters. The van der Waals surface area contributed by atoms with Crippen LogP contribution in [0.4, 0.5) is 11.4 Å². The van der Waals surface area contributed by atoms with Gasteiger partial charge in [0.15, 0.2) is 11.5 Å². The summed E-state index contributed by atoms with van der Waals surface area (Å²) >= 11 is 12.1. The first-order valence-electron chi connectivity index (χ1n) is 10.1. The van der Waals surface area contributed by atoms with E-state index >= 15 is 0 Å². The molecule has 1 N–H and O–H groups in total. The number of carbonyl (C=O) groups excluding carboxylic acids is 1. The lowest BCUT2D eigenvalue weighted by Crippen LogP contribution is -2.30. The molecule has 0 spiro atoms. The number of nitrogens with zero attached hydrogens (tertiary/aromatic N) is 1. The first kappa shape index (κ1) is 22.8. The third-order valence-electron chi connectivity index (χ3n) is 5.31. The Labute approximate surface area is 202 Å². The molecule has 0 fully saturated rings. The SMILES string of the molecule is COc1cc(C2C=C(Nc3ccc(Cl)cc3)C(=O)N2c2ccc(Cl)cc2)cc(OC)c1OC. The molecule has 0 aliphatic carbocycles. The molecule has 0 aromatic heterocycles. The van der Waals surface area contributed by atoms with Gasteiger partial charge in [-0.15, -0.1) is 0 Å². The molecule has 170 valence electrons. The van der Waals surface area contributed by atoms with Crippen molar-refractivity contribution in [3.63, 3.8) is 0 Å². The summed E-state index contributed by atoms with van der Waals surface area (Å²) in [6, 6.07) is 17.5. The number of nitrogens with one attached hydrogen (secondary N) is 1. The van der Waals surface area contributed by atoms with Gasteiger partial charge in [0, 0.05) is 21.4 Å². The Hall–Kier alpha value is -3.35. The van der Waals surface area contributed by atoms with Crippen LogP contribution in [0.1, 0.15) is 11.6 Å². The minimum absolute atomic E-state index is 0.189. The van der Waals surface area contributed by atoms with Crippen molar-refractivity contribution in [3.05, 3.63) is 88.0 Å². The molecular formula is C25H22Cl2N2O4. The lowest BCUT2D eigenvalue weighted by Gasteiger charge is -2.26. The van der Waals surface area contributed by atoms with Gasteiger partial charge in [-0.05, 0) is 72.3 Å². The molecule has 1 amide bonds. The van der Waals surface area contributed by atoms with Crippen molar-refractivity contribution in [1.82, 2.24) is 0 Å². The first-order chi connectivity index (χ1) is 15.9. The molecule has 8 heteroatoms. The standard InChI is InChI=1S/C25H22Cl2N2O4/c1-31-22-12-15(13-23(32-2)24(22)33-3)21-14-20(28-18-8-4-16(26)5-9-18)25(30)29(21)19-10-6-17(27)7-11-19/h4-14,21,28H,1-3H3. The van der Waals surface area contributed by atoms with Gasteiger partial charge in [0.2, 0.25) is 5.75 Å². The number of carbonyl (C=O) groups is 1. The summed E-state index contributed by atoms with van der Waals surface area (Å²) in [6.45, 7) is 0. The largest absolute Gasteiger partial charge is 0.493 e. The summed E-state index contributed by atoms with van der Waals surface area (Å²) in [5.74, 6) is 1.30. The lowest BCUT2D eigenvalue weighted by atomic mass is 10.0. The van der Waals surface area contributed by atoms with Crippen LogP contribution in [0.15, 0.2) is 72.4 Å². The van der Waals surface area contributed by atoms with Crippen LogP contribution >= 0.6 is 23.2 Å². The number of ether oxygens (including phenoxy) is 3. The third kappa shape index (κ3) is 4.58. The van der Waals surface area contributed by atoms with Crippen LogP contribution in [-0.4, -0.2) is 27.2 Å². The molecule has 1 aliphatic rings. The molecule has 0 saturated heterocycles. The van der Waals surface area contributed by atoms with Crippen LogP contribution in [0.2, 0.25) is 10.0 Å². The highest BCUT2D eigenvalue weighted by molar-refractivity contribution is 6.31. The highest BCUT2D eigenvalue weighted by Crippen LogP contribution is 2.44. The number of rotatable bonds is 7. The van der Waals surface area contributed by atoms with E-state index < -0.39 is 6.04 Å². The maximum atomic E-state index is 13.5. The number of methoxy groups -OCH3 is 3. The average molecular weight is 485 g/mol. The summed E-state index contributed by atoms with van der Waals surface area (Å²) in [4.78, 5) is 15.2. The molecule has 0 bridgehead atoms. The van der Waals surface area contributed by atoms with Gasteiger partial charge in [0.05, 0.1) is 27.4 Å². The molecule has 4 rings (SSSR count). The Morgan fingerprint density at radius 2 is 1.36 bits per heavy atom. The molecule has 0 radical (unpaired) electrons. The maximum Gasteiger partial charge on any atom is 0.275 e. The van der Waals surface area contributed by atoms with Crippen LogP contribution < -0.4 is 24.4 Å². The molecular weight excluding hydrogens is 463 g/mol. The fourth-order valence-electron chi connectivity index (χ4n) is 3.74. The molecule has 6 nitrogen and oxygen atoms in total. The first-order valence-corrected chi connectivity index (χ1v) is 10.8. The van der Waals surface area contributed by atoms with E-state index in [4.69, 9.17) is 37.4 Å².